The van der Waals surface area contributed by atoms with Gasteiger partial charge in [-0.3, -0.25) is 14.4 Å². The van der Waals surface area contributed by atoms with E-state index in [9.17, 15) is 9.59 Å². The molecule has 8 heteroatoms. The third-order valence-electron chi connectivity index (χ3n) is 4.53. The van der Waals surface area contributed by atoms with E-state index >= 15 is 0 Å². The molecule has 0 atom stereocenters. The molecule has 27 heavy (non-hydrogen) atoms. The minimum Gasteiger partial charge on any atom is -0.462 e. The maximum atomic E-state index is 12.5. The number of hydrogen-bond donors (Lipinski definition) is 1. The summed E-state index contributed by atoms with van der Waals surface area (Å²) < 4.78 is 7.07. The highest BCUT2D eigenvalue weighted by molar-refractivity contribution is 7.17. The Morgan fingerprint density at radius 1 is 1.37 bits per heavy atom. The molecule has 2 aromatic rings. The second-order valence-corrected chi connectivity index (χ2v) is 7.81. The third kappa shape index (κ3) is 4.56. The fourth-order valence-electron chi connectivity index (χ4n) is 3.35. The van der Waals surface area contributed by atoms with Crippen molar-refractivity contribution in [1.82, 2.24) is 14.7 Å². The average Bonchev–Trinajstić information content (AvgIpc) is 3.30. The topological polar surface area (TPSA) is 76.5 Å². The second kappa shape index (κ2) is 8.67. The molecule has 1 aliphatic rings. The molecule has 0 spiro atoms. The van der Waals surface area contributed by atoms with Crippen molar-refractivity contribution in [3.05, 3.63) is 34.0 Å². The number of carbonyl (C=O) groups is 2. The number of fused-ring (bicyclic) bond motifs is 1. The predicted octanol–water partition coefficient (Wildman–Crippen LogP) is 2.70. The molecule has 1 N–H and O–H groups in total. The quantitative estimate of drug-likeness (QED) is 0.702. The number of nitrogens with one attached hydrogen (secondary N) is 1. The lowest BCUT2D eigenvalue weighted by molar-refractivity contribution is -0.117. The molecular formula is C19H26N4O3S. The number of carbonyl (C=O) groups excluding carboxylic acids is 2. The number of likely N-dealkylation sites (N-methyl/N-ethyl adjacent to an activating group) is 1. The van der Waals surface area contributed by atoms with E-state index in [1.807, 2.05) is 35.9 Å². The molecule has 0 aliphatic heterocycles. The number of thiophene rings is 1. The Hall–Kier alpha value is -2.19. The molecule has 0 fully saturated rings. The highest BCUT2D eigenvalue weighted by Crippen LogP contribution is 2.39. The van der Waals surface area contributed by atoms with Crippen LogP contribution in [0, 0.1) is 0 Å². The van der Waals surface area contributed by atoms with Gasteiger partial charge in [-0.2, -0.15) is 5.10 Å². The molecule has 1 aliphatic carbocycles. The smallest absolute Gasteiger partial charge is 0.341 e. The highest BCUT2D eigenvalue weighted by atomic mass is 32.1. The molecule has 7 nitrogen and oxygen atoms in total. The summed E-state index contributed by atoms with van der Waals surface area (Å²) in [6.45, 7) is 5.85. The molecule has 0 aromatic carbocycles. The Balaban J connectivity index is 1.64. The molecule has 0 radical (unpaired) electrons. The maximum Gasteiger partial charge on any atom is 0.341 e. The number of amides is 1. The van der Waals surface area contributed by atoms with Gasteiger partial charge < -0.3 is 10.1 Å². The van der Waals surface area contributed by atoms with Crippen LogP contribution in [0.25, 0.3) is 0 Å². The van der Waals surface area contributed by atoms with E-state index in [0.717, 1.165) is 36.9 Å². The van der Waals surface area contributed by atoms with Crippen LogP contribution in [0.1, 0.15) is 46.6 Å². The molecule has 0 saturated carbocycles. The van der Waals surface area contributed by atoms with Gasteiger partial charge in [-0.25, -0.2) is 4.79 Å². The summed E-state index contributed by atoms with van der Waals surface area (Å²) in [5, 5.41) is 7.80. The summed E-state index contributed by atoms with van der Waals surface area (Å²) in [5.74, 6) is -0.474. The summed E-state index contributed by atoms with van der Waals surface area (Å²) in [4.78, 5) is 28.0. The van der Waals surface area contributed by atoms with Crippen LogP contribution < -0.4 is 5.32 Å². The van der Waals surface area contributed by atoms with Crippen LogP contribution in [0.3, 0.4) is 0 Å². The Morgan fingerprint density at radius 2 is 2.19 bits per heavy atom. The van der Waals surface area contributed by atoms with E-state index in [2.05, 4.69) is 10.4 Å². The summed E-state index contributed by atoms with van der Waals surface area (Å²) in [5.41, 5.74) is 2.66. The zero-order valence-electron chi connectivity index (χ0n) is 16.1. The standard InChI is InChI=1S/C19H26N4O3S/c1-4-23-11-13(9-20-23)10-22(3)12-16(24)21-18-17(19(25)26-5-2)14-7-6-8-15(14)27-18/h9,11H,4-8,10,12H2,1-3H3,(H,21,24). The van der Waals surface area contributed by atoms with Crippen LogP contribution in [0.2, 0.25) is 0 Å². The van der Waals surface area contributed by atoms with Crippen molar-refractivity contribution in [3.8, 4) is 0 Å². The van der Waals surface area contributed by atoms with Crippen molar-refractivity contribution in [3.63, 3.8) is 0 Å². The first-order chi connectivity index (χ1) is 13.0. The number of aryl methyl sites for hydroxylation is 2. The third-order valence-corrected chi connectivity index (χ3v) is 5.74. The van der Waals surface area contributed by atoms with Crippen molar-refractivity contribution in [1.29, 1.82) is 0 Å². The lowest BCUT2D eigenvalue weighted by atomic mass is 10.1. The van der Waals surface area contributed by atoms with Gasteiger partial charge in [0.25, 0.3) is 0 Å². The van der Waals surface area contributed by atoms with Gasteiger partial charge in [-0.1, -0.05) is 0 Å². The maximum absolute atomic E-state index is 12.5. The van der Waals surface area contributed by atoms with Gasteiger partial charge in [0, 0.05) is 29.7 Å². The first-order valence-corrected chi connectivity index (χ1v) is 10.1. The number of hydrogen-bond acceptors (Lipinski definition) is 6. The highest BCUT2D eigenvalue weighted by Gasteiger charge is 2.28. The van der Waals surface area contributed by atoms with Gasteiger partial charge >= 0.3 is 5.97 Å². The Labute approximate surface area is 163 Å². The zero-order valence-corrected chi connectivity index (χ0v) is 16.9. The lowest BCUT2D eigenvalue weighted by Gasteiger charge is -2.15. The van der Waals surface area contributed by atoms with Crippen molar-refractivity contribution < 1.29 is 14.3 Å². The van der Waals surface area contributed by atoms with E-state index < -0.39 is 0 Å². The minimum absolute atomic E-state index is 0.133. The summed E-state index contributed by atoms with van der Waals surface area (Å²) in [6.07, 6.45) is 6.69. The first kappa shape index (κ1) is 19.6. The number of nitrogens with zero attached hydrogens (tertiary/aromatic N) is 3. The summed E-state index contributed by atoms with van der Waals surface area (Å²) in [6, 6.07) is 0. The summed E-state index contributed by atoms with van der Waals surface area (Å²) >= 11 is 1.50. The van der Waals surface area contributed by atoms with Crippen molar-refractivity contribution >= 4 is 28.2 Å². The molecule has 1 amide bonds. The zero-order chi connectivity index (χ0) is 19.4. The van der Waals surface area contributed by atoms with E-state index in [1.54, 1.807) is 6.92 Å². The Morgan fingerprint density at radius 3 is 2.89 bits per heavy atom. The van der Waals surface area contributed by atoms with Gasteiger partial charge in [0.1, 0.15) is 5.00 Å². The number of esters is 1. The SMILES string of the molecule is CCOC(=O)c1c(NC(=O)CN(C)Cc2cnn(CC)c2)sc2c1CCC2. The lowest BCUT2D eigenvalue weighted by Crippen LogP contribution is -2.30. The van der Waals surface area contributed by atoms with Gasteiger partial charge in [-0.15, -0.1) is 11.3 Å². The van der Waals surface area contributed by atoms with Crippen LogP contribution >= 0.6 is 11.3 Å². The Bertz CT molecular complexity index is 827. The Kier molecular flexibility index (Phi) is 6.28. The molecule has 2 heterocycles. The van der Waals surface area contributed by atoms with Crippen LogP contribution in [-0.4, -0.2) is 46.8 Å². The molecule has 3 rings (SSSR count). The van der Waals surface area contributed by atoms with E-state index in [-0.39, 0.29) is 18.4 Å². The van der Waals surface area contributed by atoms with Gasteiger partial charge in [-0.05, 0) is 45.7 Å². The summed E-state index contributed by atoms with van der Waals surface area (Å²) in [7, 11) is 1.89. The molecule has 146 valence electrons. The number of rotatable bonds is 8. The molecule has 0 unspecified atom stereocenters. The van der Waals surface area contributed by atoms with Gasteiger partial charge in [0.2, 0.25) is 5.91 Å². The van der Waals surface area contributed by atoms with E-state index in [4.69, 9.17) is 4.74 Å². The fourth-order valence-corrected chi connectivity index (χ4v) is 4.64. The predicted molar refractivity (Wildman–Crippen MR) is 105 cm³/mol. The molecule has 2 aromatic heterocycles. The number of anilines is 1. The molecular weight excluding hydrogens is 364 g/mol. The van der Waals surface area contributed by atoms with Gasteiger partial charge in [0.05, 0.1) is 24.9 Å². The second-order valence-electron chi connectivity index (χ2n) is 6.71. The van der Waals surface area contributed by atoms with Crippen LogP contribution in [0.4, 0.5) is 5.00 Å². The van der Waals surface area contributed by atoms with Gasteiger partial charge in [0.15, 0.2) is 0 Å². The molecule has 0 bridgehead atoms. The minimum atomic E-state index is -0.340. The normalized spacial score (nSPS) is 13.0. The van der Waals surface area contributed by atoms with Crippen molar-refractivity contribution in [2.45, 2.75) is 46.2 Å². The molecule has 0 saturated heterocycles. The van der Waals surface area contributed by atoms with Crippen LogP contribution in [0.5, 0.6) is 0 Å². The van der Waals surface area contributed by atoms with Crippen LogP contribution in [0.15, 0.2) is 12.4 Å². The average molecular weight is 391 g/mol. The van der Waals surface area contributed by atoms with E-state index in [0.29, 0.717) is 23.7 Å². The number of aromatic nitrogens is 2. The monoisotopic (exact) mass is 390 g/mol. The first-order valence-electron chi connectivity index (χ1n) is 9.33. The van der Waals surface area contributed by atoms with Crippen molar-refractivity contribution in [2.75, 3.05) is 25.5 Å². The largest absolute Gasteiger partial charge is 0.462 e. The van der Waals surface area contributed by atoms with E-state index in [1.165, 1.54) is 16.2 Å². The fraction of sp³-hybridized carbons (Fsp3) is 0.526. The van der Waals surface area contributed by atoms with Crippen molar-refractivity contribution in [2.24, 2.45) is 0 Å². The number of ether oxygens (including phenoxy) is 1. The van der Waals surface area contributed by atoms with Crippen LogP contribution in [-0.2, 0) is 35.5 Å².